The lowest BCUT2D eigenvalue weighted by atomic mass is 10.3. The predicted octanol–water partition coefficient (Wildman–Crippen LogP) is -0.223. The van der Waals surface area contributed by atoms with Crippen LogP contribution in [0.25, 0.3) is 0 Å². The maximum atomic E-state index is 11.3. The molecule has 0 aromatic heterocycles. The zero-order chi connectivity index (χ0) is 12.5. The highest BCUT2D eigenvalue weighted by Gasteiger charge is 2.18. The fourth-order valence-corrected chi connectivity index (χ4v) is 2.04. The predicted molar refractivity (Wildman–Crippen MR) is 68.1 cm³/mol. The minimum atomic E-state index is -0.101. The van der Waals surface area contributed by atoms with Gasteiger partial charge in [-0.2, -0.15) is 0 Å². The van der Waals surface area contributed by atoms with E-state index in [1.807, 2.05) is 14.0 Å². The molecular weight excluding hydrogens is 218 g/mol. The molecule has 0 aliphatic carbocycles. The van der Waals surface area contributed by atoms with E-state index in [4.69, 9.17) is 4.74 Å². The van der Waals surface area contributed by atoms with Crippen LogP contribution in [-0.2, 0) is 9.53 Å². The Morgan fingerprint density at radius 2 is 1.88 bits per heavy atom. The molecule has 5 nitrogen and oxygen atoms in total. The van der Waals surface area contributed by atoms with Crippen LogP contribution in [0.1, 0.15) is 13.3 Å². The van der Waals surface area contributed by atoms with E-state index >= 15 is 0 Å². The molecule has 1 heterocycles. The van der Waals surface area contributed by atoms with Gasteiger partial charge in [-0.25, -0.2) is 0 Å². The van der Waals surface area contributed by atoms with Gasteiger partial charge in [0.15, 0.2) is 0 Å². The lowest BCUT2D eigenvalue weighted by Crippen LogP contribution is -2.48. The summed E-state index contributed by atoms with van der Waals surface area (Å²) in [5.74, 6) is -0.101. The molecule has 100 valence electrons. The summed E-state index contributed by atoms with van der Waals surface area (Å²) >= 11 is 0. The van der Waals surface area contributed by atoms with Crippen LogP contribution in [0, 0.1) is 0 Å². The number of hydrogen-bond acceptors (Lipinski definition) is 5. The van der Waals surface area contributed by atoms with Crippen LogP contribution >= 0.6 is 0 Å². The quantitative estimate of drug-likeness (QED) is 0.494. The van der Waals surface area contributed by atoms with Gasteiger partial charge in [0.25, 0.3) is 0 Å². The molecule has 1 aliphatic rings. The molecule has 0 spiro atoms. The van der Waals surface area contributed by atoms with Crippen LogP contribution in [0.4, 0.5) is 0 Å². The van der Waals surface area contributed by atoms with Gasteiger partial charge in [-0.3, -0.25) is 9.69 Å². The molecule has 5 heteroatoms. The first-order chi connectivity index (χ1) is 8.26. The van der Waals surface area contributed by atoms with E-state index < -0.39 is 0 Å². The molecule has 1 N–H and O–H groups in total. The molecule has 17 heavy (non-hydrogen) atoms. The first kappa shape index (κ1) is 14.4. The lowest BCUT2D eigenvalue weighted by molar-refractivity contribution is -0.144. The van der Waals surface area contributed by atoms with Gasteiger partial charge in [-0.05, 0) is 33.5 Å². The normalized spacial score (nSPS) is 18.2. The summed E-state index contributed by atoms with van der Waals surface area (Å²) in [6.07, 6.45) is 1.19. The summed E-state index contributed by atoms with van der Waals surface area (Å²) in [6.45, 7) is 9.04. The summed E-state index contributed by atoms with van der Waals surface area (Å²) in [6, 6.07) is 0. The molecular formula is C12H25N3O2. The van der Waals surface area contributed by atoms with Crippen LogP contribution < -0.4 is 5.32 Å². The average molecular weight is 243 g/mol. The molecule has 0 aromatic carbocycles. The third-order valence-corrected chi connectivity index (χ3v) is 3.02. The maximum absolute atomic E-state index is 11.3. The molecule has 0 unspecified atom stereocenters. The highest BCUT2D eigenvalue weighted by molar-refractivity contribution is 5.71. The Kier molecular flexibility index (Phi) is 7.16. The van der Waals surface area contributed by atoms with E-state index in [1.54, 1.807) is 0 Å². The molecule has 0 aromatic rings. The topological polar surface area (TPSA) is 44.8 Å². The minimum Gasteiger partial charge on any atom is -0.465 e. The largest absolute Gasteiger partial charge is 0.465 e. The summed E-state index contributed by atoms with van der Waals surface area (Å²) in [5.41, 5.74) is 0. The van der Waals surface area contributed by atoms with Crippen molar-refractivity contribution >= 4 is 5.97 Å². The molecule has 1 saturated heterocycles. The van der Waals surface area contributed by atoms with Crippen LogP contribution in [0.2, 0.25) is 0 Å². The van der Waals surface area contributed by atoms with Crippen LogP contribution in [0.5, 0.6) is 0 Å². The fraction of sp³-hybridized carbons (Fsp3) is 0.917. The Hall–Kier alpha value is -0.650. The van der Waals surface area contributed by atoms with Gasteiger partial charge >= 0.3 is 5.97 Å². The van der Waals surface area contributed by atoms with Crippen LogP contribution in [0.3, 0.4) is 0 Å². The van der Waals surface area contributed by atoms with Gasteiger partial charge in [-0.1, -0.05) is 0 Å². The Labute approximate surface area is 104 Å². The number of rotatable bonds is 7. The SMILES string of the molecule is CCOC(=O)CN1CCN(CCCNC)CC1. The number of nitrogens with zero attached hydrogens (tertiary/aromatic N) is 2. The number of esters is 1. The van der Waals surface area contributed by atoms with Gasteiger partial charge in [0.05, 0.1) is 13.2 Å². The second-order valence-electron chi connectivity index (χ2n) is 4.38. The smallest absolute Gasteiger partial charge is 0.320 e. The summed E-state index contributed by atoms with van der Waals surface area (Å²) in [5, 5.41) is 3.16. The van der Waals surface area contributed by atoms with Gasteiger partial charge in [0.1, 0.15) is 0 Å². The highest BCUT2D eigenvalue weighted by atomic mass is 16.5. The van der Waals surface area contributed by atoms with E-state index in [2.05, 4.69) is 15.1 Å². The maximum Gasteiger partial charge on any atom is 0.320 e. The Morgan fingerprint density at radius 1 is 1.24 bits per heavy atom. The van der Waals surface area contributed by atoms with Crippen molar-refractivity contribution < 1.29 is 9.53 Å². The Balaban J connectivity index is 2.10. The van der Waals surface area contributed by atoms with Gasteiger partial charge in [0, 0.05) is 26.2 Å². The minimum absolute atomic E-state index is 0.101. The third kappa shape index (κ3) is 6.00. The first-order valence-corrected chi connectivity index (χ1v) is 6.51. The third-order valence-electron chi connectivity index (χ3n) is 3.02. The average Bonchev–Trinajstić information content (AvgIpc) is 2.32. The van der Waals surface area contributed by atoms with Gasteiger partial charge < -0.3 is 15.0 Å². The van der Waals surface area contributed by atoms with Crippen molar-refractivity contribution in [3.8, 4) is 0 Å². The molecule has 0 atom stereocenters. The Morgan fingerprint density at radius 3 is 2.47 bits per heavy atom. The van der Waals surface area contributed by atoms with Crippen molar-refractivity contribution in [3.63, 3.8) is 0 Å². The zero-order valence-electron chi connectivity index (χ0n) is 11.1. The van der Waals surface area contributed by atoms with Gasteiger partial charge in [-0.15, -0.1) is 0 Å². The van der Waals surface area contributed by atoms with E-state index in [9.17, 15) is 4.79 Å². The van der Waals surface area contributed by atoms with Crippen molar-refractivity contribution in [2.45, 2.75) is 13.3 Å². The van der Waals surface area contributed by atoms with Crippen molar-refractivity contribution in [1.82, 2.24) is 15.1 Å². The number of carbonyl (C=O) groups is 1. The lowest BCUT2D eigenvalue weighted by Gasteiger charge is -2.34. The van der Waals surface area contributed by atoms with E-state index in [0.717, 1.165) is 39.3 Å². The standard InChI is InChI=1S/C12H25N3O2/c1-3-17-12(16)11-15-9-7-14(8-10-15)6-4-5-13-2/h13H,3-11H2,1-2H3. The summed E-state index contributed by atoms with van der Waals surface area (Å²) in [7, 11) is 1.98. The fourth-order valence-electron chi connectivity index (χ4n) is 2.04. The number of carbonyl (C=O) groups excluding carboxylic acids is 1. The number of nitrogens with one attached hydrogen (secondary N) is 1. The summed E-state index contributed by atoms with van der Waals surface area (Å²) < 4.78 is 4.95. The molecule has 1 fully saturated rings. The molecule has 0 amide bonds. The summed E-state index contributed by atoms with van der Waals surface area (Å²) in [4.78, 5) is 15.9. The molecule has 0 saturated carbocycles. The van der Waals surface area contributed by atoms with Crippen molar-refractivity contribution in [2.75, 3.05) is 59.5 Å². The Bertz CT molecular complexity index is 216. The van der Waals surface area contributed by atoms with Crippen LogP contribution in [0.15, 0.2) is 0 Å². The second kappa shape index (κ2) is 8.44. The van der Waals surface area contributed by atoms with Crippen molar-refractivity contribution in [1.29, 1.82) is 0 Å². The number of ether oxygens (including phenoxy) is 1. The molecule has 0 radical (unpaired) electrons. The molecule has 1 rings (SSSR count). The van der Waals surface area contributed by atoms with Crippen molar-refractivity contribution in [3.05, 3.63) is 0 Å². The molecule has 1 aliphatic heterocycles. The highest BCUT2D eigenvalue weighted by Crippen LogP contribution is 2.02. The van der Waals surface area contributed by atoms with E-state index in [-0.39, 0.29) is 5.97 Å². The number of hydrogen-bond donors (Lipinski definition) is 1. The number of piperazine rings is 1. The zero-order valence-corrected chi connectivity index (χ0v) is 11.1. The van der Waals surface area contributed by atoms with Gasteiger partial charge in [0.2, 0.25) is 0 Å². The molecule has 0 bridgehead atoms. The second-order valence-corrected chi connectivity index (χ2v) is 4.38. The van der Waals surface area contributed by atoms with Crippen molar-refractivity contribution in [2.24, 2.45) is 0 Å². The van der Waals surface area contributed by atoms with E-state index in [0.29, 0.717) is 13.2 Å². The first-order valence-electron chi connectivity index (χ1n) is 6.51. The monoisotopic (exact) mass is 243 g/mol. The van der Waals surface area contributed by atoms with Crippen LogP contribution in [-0.4, -0.2) is 75.2 Å². The van der Waals surface area contributed by atoms with E-state index in [1.165, 1.54) is 6.42 Å².